The van der Waals surface area contributed by atoms with Crippen LogP contribution < -0.4 is 0 Å². The first-order valence-electron chi connectivity index (χ1n) is 5.13. The third kappa shape index (κ3) is 4.84. The van der Waals surface area contributed by atoms with Gasteiger partial charge in [-0.15, -0.1) is 11.8 Å². The maximum absolute atomic E-state index is 10.8. The molecule has 0 aromatic heterocycles. The van der Waals surface area contributed by atoms with Crippen LogP contribution in [-0.4, -0.2) is 21.0 Å². The lowest BCUT2D eigenvalue weighted by molar-refractivity contribution is -0.522. The van der Waals surface area contributed by atoms with E-state index in [9.17, 15) is 10.1 Å². The highest BCUT2D eigenvalue weighted by Gasteiger charge is 2.32. The molecule has 0 aliphatic heterocycles. The first-order chi connectivity index (χ1) is 6.31. The third-order valence-corrected chi connectivity index (χ3v) is 3.68. The van der Waals surface area contributed by atoms with Crippen LogP contribution in [0.5, 0.6) is 0 Å². The van der Waals surface area contributed by atoms with E-state index in [4.69, 9.17) is 0 Å². The predicted molar refractivity (Wildman–Crippen MR) is 62.5 cm³/mol. The van der Waals surface area contributed by atoms with Gasteiger partial charge in [0.1, 0.15) is 0 Å². The highest BCUT2D eigenvalue weighted by molar-refractivity contribution is 8.01. The van der Waals surface area contributed by atoms with Crippen LogP contribution in [0.15, 0.2) is 0 Å². The molecule has 0 bridgehead atoms. The summed E-state index contributed by atoms with van der Waals surface area (Å²) in [7, 11) is 0. The molecule has 4 heteroatoms. The van der Waals surface area contributed by atoms with Crippen LogP contribution in [-0.2, 0) is 0 Å². The molecule has 0 radical (unpaired) electrons. The number of thioether (sulfide) groups is 1. The molecule has 0 aromatic rings. The van der Waals surface area contributed by atoms with Crippen LogP contribution in [0.2, 0.25) is 0 Å². The minimum atomic E-state index is -0.399. The lowest BCUT2D eigenvalue weighted by atomic mass is 10.1. The zero-order valence-corrected chi connectivity index (χ0v) is 10.6. The second-order valence-corrected chi connectivity index (χ2v) is 6.50. The molecule has 0 fully saturated rings. The number of rotatable bonds is 5. The first kappa shape index (κ1) is 13.8. The molecule has 0 saturated carbocycles. The maximum Gasteiger partial charge on any atom is 0.224 e. The lowest BCUT2D eigenvalue weighted by Crippen LogP contribution is -2.33. The fourth-order valence-electron chi connectivity index (χ4n) is 1.44. The molecule has 14 heavy (non-hydrogen) atoms. The second kappa shape index (κ2) is 5.59. The Kier molecular flexibility index (Phi) is 5.49. The summed E-state index contributed by atoms with van der Waals surface area (Å²) in [4.78, 5) is 10.7. The molecule has 0 heterocycles. The van der Waals surface area contributed by atoms with Crippen LogP contribution in [0, 0.1) is 10.1 Å². The number of hydrogen-bond acceptors (Lipinski definition) is 3. The van der Waals surface area contributed by atoms with E-state index in [1.54, 1.807) is 11.8 Å². The molecule has 0 spiro atoms. The second-order valence-electron chi connectivity index (χ2n) is 4.44. The molecule has 0 aliphatic rings. The Balaban J connectivity index is 4.45. The highest BCUT2D eigenvalue weighted by Crippen LogP contribution is 2.33. The molecule has 2 atom stereocenters. The van der Waals surface area contributed by atoms with Crippen molar-refractivity contribution in [3.8, 4) is 0 Å². The Hall–Kier alpha value is -0.250. The Morgan fingerprint density at radius 1 is 1.29 bits per heavy atom. The largest absolute Gasteiger partial charge is 0.264 e. The van der Waals surface area contributed by atoms with E-state index in [2.05, 4.69) is 20.8 Å². The summed E-state index contributed by atoms with van der Waals surface area (Å²) < 4.78 is 0.101. The molecule has 0 amide bonds. The first-order valence-corrected chi connectivity index (χ1v) is 6.01. The van der Waals surface area contributed by atoms with Gasteiger partial charge in [0.15, 0.2) is 0 Å². The van der Waals surface area contributed by atoms with Gasteiger partial charge in [0.05, 0.1) is 5.25 Å². The van der Waals surface area contributed by atoms with Crippen LogP contribution in [0.1, 0.15) is 47.5 Å². The van der Waals surface area contributed by atoms with E-state index in [1.165, 1.54) is 0 Å². The SMILES string of the molecule is CC[C@@H](SC(C)(C)C)[C@H](CC)[N+](=O)[O-]. The lowest BCUT2D eigenvalue weighted by Gasteiger charge is -2.26. The molecule has 0 aliphatic carbocycles. The molecular weight excluding hydrogens is 198 g/mol. The third-order valence-electron chi connectivity index (χ3n) is 2.03. The van der Waals surface area contributed by atoms with Gasteiger partial charge in [0.25, 0.3) is 0 Å². The molecule has 0 saturated heterocycles. The van der Waals surface area contributed by atoms with Gasteiger partial charge in [-0.2, -0.15) is 0 Å². The summed E-state index contributed by atoms with van der Waals surface area (Å²) in [5, 5.41) is 10.9. The van der Waals surface area contributed by atoms with Crippen molar-refractivity contribution in [1.82, 2.24) is 0 Å². The fourth-order valence-corrected chi connectivity index (χ4v) is 2.96. The van der Waals surface area contributed by atoms with Crippen molar-refractivity contribution in [2.75, 3.05) is 0 Å². The van der Waals surface area contributed by atoms with Crippen molar-refractivity contribution in [1.29, 1.82) is 0 Å². The van der Waals surface area contributed by atoms with E-state index < -0.39 is 6.04 Å². The van der Waals surface area contributed by atoms with Crippen LogP contribution in [0.4, 0.5) is 0 Å². The van der Waals surface area contributed by atoms with Gasteiger partial charge in [-0.1, -0.05) is 34.6 Å². The molecule has 0 N–H and O–H groups in total. The van der Waals surface area contributed by atoms with Crippen LogP contribution in [0.25, 0.3) is 0 Å². The minimum Gasteiger partial charge on any atom is -0.264 e. The molecular formula is C10H21NO2S. The van der Waals surface area contributed by atoms with Gasteiger partial charge < -0.3 is 0 Å². The number of nitrogens with zero attached hydrogens (tertiary/aromatic N) is 1. The van der Waals surface area contributed by atoms with Gasteiger partial charge in [-0.05, 0) is 6.42 Å². The monoisotopic (exact) mass is 219 g/mol. The average Bonchev–Trinajstić information content (AvgIpc) is 2.00. The molecule has 3 nitrogen and oxygen atoms in total. The van der Waals surface area contributed by atoms with E-state index >= 15 is 0 Å². The average molecular weight is 219 g/mol. The van der Waals surface area contributed by atoms with Crippen molar-refractivity contribution >= 4 is 11.8 Å². The van der Waals surface area contributed by atoms with E-state index in [-0.39, 0.29) is 14.9 Å². The van der Waals surface area contributed by atoms with Crippen LogP contribution in [0.3, 0.4) is 0 Å². The van der Waals surface area contributed by atoms with Gasteiger partial charge in [0, 0.05) is 16.1 Å². The van der Waals surface area contributed by atoms with Crippen molar-refractivity contribution in [2.45, 2.75) is 63.5 Å². The standard InChI is InChI=1S/C10H21NO2S/c1-6-8(11(12)13)9(7-2)14-10(3,4)5/h8-9H,6-7H2,1-5H3/t8-,9+/m0/s1. The van der Waals surface area contributed by atoms with Crippen molar-refractivity contribution in [3.05, 3.63) is 10.1 Å². The van der Waals surface area contributed by atoms with Gasteiger partial charge >= 0.3 is 0 Å². The zero-order valence-electron chi connectivity index (χ0n) is 9.74. The zero-order chi connectivity index (χ0) is 11.4. The highest BCUT2D eigenvalue weighted by atomic mass is 32.2. The summed E-state index contributed by atoms with van der Waals surface area (Å²) >= 11 is 1.72. The summed E-state index contributed by atoms with van der Waals surface area (Å²) in [5.41, 5.74) is 0. The fraction of sp³-hybridized carbons (Fsp3) is 1.00. The Bertz CT molecular complexity index is 189. The number of hydrogen-bond donors (Lipinski definition) is 0. The summed E-state index contributed by atoms with van der Waals surface area (Å²) in [6.45, 7) is 10.2. The molecule has 0 rings (SSSR count). The van der Waals surface area contributed by atoms with Gasteiger partial charge in [-0.25, -0.2) is 0 Å². The number of nitro groups is 1. The Morgan fingerprint density at radius 3 is 2.00 bits per heavy atom. The summed E-state index contributed by atoms with van der Waals surface area (Å²) in [6.07, 6.45) is 1.48. The van der Waals surface area contributed by atoms with E-state index in [0.717, 1.165) is 6.42 Å². The van der Waals surface area contributed by atoms with Crippen molar-refractivity contribution in [2.24, 2.45) is 0 Å². The minimum absolute atomic E-state index is 0.101. The maximum atomic E-state index is 10.8. The van der Waals surface area contributed by atoms with Crippen molar-refractivity contribution < 1.29 is 4.92 Å². The van der Waals surface area contributed by atoms with Gasteiger partial charge in [0.2, 0.25) is 6.04 Å². The molecule has 84 valence electrons. The molecule has 0 aromatic carbocycles. The molecule has 0 unspecified atom stereocenters. The van der Waals surface area contributed by atoms with Crippen LogP contribution >= 0.6 is 11.8 Å². The Morgan fingerprint density at radius 2 is 1.79 bits per heavy atom. The normalized spacial score (nSPS) is 16.4. The predicted octanol–water partition coefficient (Wildman–Crippen LogP) is 3.35. The topological polar surface area (TPSA) is 43.1 Å². The Labute approximate surface area is 90.8 Å². The summed E-state index contributed by atoms with van der Waals surface area (Å²) in [6, 6.07) is -0.399. The quantitative estimate of drug-likeness (QED) is 0.526. The van der Waals surface area contributed by atoms with E-state index in [0.29, 0.717) is 6.42 Å². The van der Waals surface area contributed by atoms with Crippen molar-refractivity contribution in [3.63, 3.8) is 0 Å². The summed E-state index contributed by atoms with van der Waals surface area (Å²) in [5.74, 6) is 0. The smallest absolute Gasteiger partial charge is 0.224 e. The van der Waals surface area contributed by atoms with E-state index in [1.807, 2.05) is 13.8 Å². The van der Waals surface area contributed by atoms with Gasteiger partial charge in [-0.3, -0.25) is 10.1 Å².